The van der Waals surface area contributed by atoms with Gasteiger partial charge in [-0.05, 0) is 31.5 Å². The van der Waals surface area contributed by atoms with E-state index in [4.69, 9.17) is 4.74 Å². The predicted octanol–water partition coefficient (Wildman–Crippen LogP) is 3.12. The lowest BCUT2D eigenvalue weighted by Gasteiger charge is -2.18. The van der Waals surface area contributed by atoms with Crippen LogP contribution in [0.15, 0.2) is 18.2 Å². The molecule has 0 spiro atoms. The van der Waals surface area contributed by atoms with Gasteiger partial charge in [0.2, 0.25) is 0 Å². The summed E-state index contributed by atoms with van der Waals surface area (Å²) in [7, 11) is 0. The van der Waals surface area contributed by atoms with E-state index in [1.54, 1.807) is 0 Å². The molecule has 96 valence electrons. The number of rotatable bonds is 7. The molecule has 0 saturated heterocycles. The number of benzene rings is 1. The zero-order chi connectivity index (χ0) is 12.7. The number of hydrogen-bond acceptors (Lipinski definition) is 2. The Morgan fingerprint density at radius 1 is 1.29 bits per heavy atom. The molecule has 1 aromatic carbocycles. The normalized spacial score (nSPS) is 12.5. The summed E-state index contributed by atoms with van der Waals surface area (Å²) in [6, 6.07) is 3.36. The molecule has 17 heavy (non-hydrogen) atoms. The average molecular weight is 243 g/mol. The third kappa shape index (κ3) is 4.69. The molecular formula is C13H19F2NO. The maximum absolute atomic E-state index is 13.4. The minimum atomic E-state index is -0.654. The van der Waals surface area contributed by atoms with Crippen molar-refractivity contribution in [1.82, 2.24) is 5.32 Å². The lowest BCUT2D eigenvalue weighted by atomic mass is 10.2. The molecule has 0 radical (unpaired) electrons. The molecule has 0 heterocycles. The highest BCUT2D eigenvalue weighted by molar-refractivity contribution is 5.24. The summed E-state index contributed by atoms with van der Waals surface area (Å²) in [5.74, 6) is -1.14. The Kier molecular flexibility index (Phi) is 5.91. The lowest BCUT2D eigenvalue weighted by Crippen LogP contribution is -2.31. The van der Waals surface area contributed by atoms with Crippen LogP contribution in [0.4, 0.5) is 8.78 Å². The minimum absolute atomic E-state index is 0.0958. The number of hydrogen-bond donors (Lipinski definition) is 1. The minimum Gasteiger partial charge on any atom is -0.486 e. The fourth-order valence-electron chi connectivity index (χ4n) is 1.46. The molecule has 0 aliphatic heterocycles. The van der Waals surface area contributed by atoms with Gasteiger partial charge in [0.15, 0.2) is 11.6 Å². The van der Waals surface area contributed by atoms with E-state index in [2.05, 4.69) is 12.2 Å². The molecule has 1 rings (SSSR count). The SMILES string of the molecule is CCCNCC(CC)Oc1ccc(F)cc1F. The van der Waals surface area contributed by atoms with Gasteiger partial charge in [0.1, 0.15) is 11.9 Å². The van der Waals surface area contributed by atoms with E-state index in [1.807, 2.05) is 6.92 Å². The fourth-order valence-corrected chi connectivity index (χ4v) is 1.46. The zero-order valence-electron chi connectivity index (χ0n) is 10.3. The van der Waals surface area contributed by atoms with Crippen LogP contribution in [0.3, 0.4) is 0 Å². The van der Waals surface area contributed by atoms with E-state index in [0.717, 1.165) is 25.5 Å². The van der Waals surface area contributed by atoms with Crippen molar-refractivity contribution < 1.29 is 13.5 Å². The largest absolute Gasteiger partial charge is 0.486 e. The molecule has 0 amide bonds. The van der Waals surface area contributed by atoms with Crippen molar-refractivity contribution in [1.29, 1.82) is 0 Å². The highest BCUT2D eigenvalue weighted by Gasteiger charge is 2.11. The van der Waals surface area contributed by atoms with Gasteiger partial charge in [-0.1, -0.05) is 13.8 Å². The van der Waals surface area contributed by atoms with Gasteiger partial charge in [-0.3, -0.25) is 0 Å². The first kappa shape index (κ1) is 13.9. The van der Waals surface area contributed by atoms with Crippen molar-refractivity contribution in [2.45, 2.75) is 32.8 Å². The van der Waals surface area contributed by atoms with E-state index in [-0.39, 0.29) is 11.9 Å². The summed E-state index contributed by atoms with van der Waals surface area (Å²) < 4.78 is 31.5. The smallest absolute Gasteiger partial charge is 0.167 e. The molecule has 0 aliphatic carbocycles. The van der Waals surface area contributed by atoms with Gasteiger partial charge in [0.25, 0.3) is 0 Å². The van der Waals surface area contributed by atoms with E-state index in [1.165, 1.54) is 12.1 Å². The van der Waals surface area contributed by atoms with E-state index in [9.17, 15) is 8.78 Å². The van der Waals surface area contributed by atoms with Crippen LogP contribution >= 0.6 is 0 Å². The van der Waals surface area contributed by atoms with Crippen molar-refractivity contribution in [3.8, 4) is 5.75 Å². The molecule has 0 aromatic heterocycles. The molecule has 1 unspecified atom stereocenters. The second-order valence-corrected chi connectivity index (χ2v) is 3.93. The molecule has 4 heteroatoms. The molecule has 1 N–H and O–H groups in total. The maximum Gasteiger partial charge on any atom is 0.167 e. The van der Waals surface area contributed by atoms with E-state index in [0.29, 0.717) is 6.54 Å². The Labute approximate surface area is 101 Å². The summed E-state index contributed by atoms with van der Waals surface area (Å²) in [5.41, 5.74) is 0. The van der Waals surface area contributed by atoms with Crippen LogP contribution in [-0.4, -0.2) is 19.2 Å². The van der Waals surface area contributed by atoms with Gasteiger partial charge in [-0.2, -0.15) is 0 Å². The zero-order valence-corrected chi connectivity index (χ0v) is 10.3. The molecular weight excluding hydrogens is 224 g/mol. The van der Waals surface area contributed by atoms with E-state index >= 15 is 0 Å². The Morgan fingerprint density at radius 3 is 2.65 bits per heavy atom. The summed E-state index contributed by atoms with van der Waals surface area (Å²) in [5, 5.41) is 3.22. The van der Waals surface area contributed by atoms with Crippen LogP contribution in [0, 0.1) is 11.6 Å². The topological polar surface area (TPSA) is 21.3 Å². The average Bonchev–Trinajstić information content (AvgIpc) is 2.31. The van der Waals surface area contributed by atoms with Crippen molar-refractivity contribution in [2.75, 3.05) is 13.1 Å². The molecule has 1 atom stereocenters. The third-order valence-electron chi connectivity index (χ3n) is 2.44. The van der Waals surface area contributed by atoms with Crippen molar-refractivity contribution in [3.63, 3.8) is 0 Å². The van der Waals surface area contributed by atoms with Crippen LogP contribution in [-0.2, 0) is 0 Å². The number of halogens is 2. The van der Waals surface area contributed by atoms with Crippen LogP contribution < -0.4 is 10.1 Å². The van der Waals surface area contributed by atoms with E-state index < -0.39 is 11.6 Å². The van der Waals surface area contributed by atoms with Crippen LogP contribution in [0.25, 0.3) is 0 Å². The molecule has 0 bridgehead atoms. The van der Waals surface area contributed by atoms with Gasteiger partial charge in [0, 0.05) is 12.6 Å². The number of nitrogens with one attached hydrogen (secondary N) is 1. The lowest BCUT2D eigenvalue weighted by molar-refractivity contribution is 0.185. The first-order chi connectivity index (χ1) is 8.17. The molecule has 0 fully saturated rings. The standard InChI is InChI=1S/C13H19F2NO/c1-3-7-16-9-11(4-2)17-13-6-5-10(14)8-12(13)15/h5-6,8,11,16H,3-4,7,9H2,1-2H3. The van der Waals surface area contributed by atoms with Crippen LogP contribution in [0.2, 0.25) is 0 Å². The van der Waals surface area contributed by atoms with Crippen LogP contribution in [0.5, 0.6) is 5.75 Å². The summed E-state index contributed by atoms with van der Waals surface area (Å²) in [6.45, 7) is 5.63. The highest BCUT2D eigenvalue weighted by Crippen LogP contribution is 2.19. The van der Waals surface area contributed by atoms with Gasteiger partial charge >= 0.3 is 0 Å². The molecule has 0 saturated carbocycles. The maximum atomic E-state index is 13.4. The van der Waals surface area contributed by atoms with Crippen molar-refractivity contribution >= 4 is 0 Å². The second-order valence-electron chi connectivity index (χ2n) is 3.93. The monoisotopic (exact) mass is 243 g/mol. The Hall–Kier alpha value is -1.16. The summed E-state index contributed by atoms with van der Waals surface area (Å²) in [6.07, 6.45) is 1.72. The Morgan fingerprint density at radius 2 is 2.06 bits per heavy atom. The summed E-state index contributed by atoms with van der Waals surface area (Å²) >= 11 is 0. The Bertz CT molecular complexity index is 344. The van der Waals surface area contributed by atoms with Crippen molar-refractivity contribution in [2.24, 2.45) is 0 Å². The molecule has 1 aromatic rings. The third-order valence-corrected chi connectivity index (χ3v) is 2.44. The van der Waals surface area contributed by atoms with Gasteiger partial charge in [0.05, 0.1) is 0 Å². The fraction of sp³-hybridized carbons (Fsp3) is 0.538. The summed E-state index contributed by atoms with van der Waals surface area (Å²) in [4.78, 5) is 0. The molecule has 2 nitrogen and oxygen atoms in total. The van der Waals surface area contributed by atoms with Crippen LogP contribution in [0.1, 0.15) is 26.7 Å². The van der Waals surface area contributed by atoms with Crippen molar-refractivity contribution in [3.05, 3.63) is 29.8 Å². The Balaban J connectivity index is 2.54. The predicted molar refractivity (Wildman–Crippen MR) is 64.2 cm³/mol. The van der Waals surface area contributed by atoms with Gasteiger partial charge in [-0.15, -0.1) is 0 Å². The number of ether oxygens (including phenoxy) is 1. The highest BCUT2D eigenvalue weighted by atomic mass is 19.1. The van der Waals surface area contributed by atoms with Gasteiger partial charge < -0.3 is 10.1 Å². The van der Waals surface area contributed by atoms with Gasteiger partial charge in [-0.25, -0.2) is 8.78 Å². The molecule has 0 aliphatic rings. The second kappa shape index (κ2) is 7.22. The first-order valence-electron chi connectivity index (χ1n) is 5.99. The quantitative estimate of drug-likeness (QED) is 0.743. The first-order valence-corrected chi connectivity index (χ1v) is 5.99.